The van der Waals surface area contributed by atoms with Crippen LogP contribution in [0.1, 0.15) is 25.8 Å². The topological polar surface area (TPSA) is 73.7 Å². The molecule has 0 saturated heterocycles. The third-order valence-electron chi connectivity index (χ3n) is 3.26. The first kappa shape index (κ1) is 16.9. The van der Waals surface area contributed by atoms with Crippen molar-refractivity contribution in [2.24, 2.45) is 0 Å². The molecule has 1 N–H and O–H groups in total. The van der Waals surface area contributed by atoms with E-state index in [4.69, 9.17) is 5.11 Å². The molecule has 116 valence electrons. The van der Waals surface area contributed by atoms with Gasteiger partial charge >= 0.3 is 5.97 Å². The molecule has 6 heteroatoms. The van der Waals surface area contributed by atoms with E-state index in [-0.39, 0.29) is 25.4 Å². The van der Waals surface area contributed by atoms with Crippen molar-refractivity contribution in [3.63, 3.8) is 0 Å². The molecule has 0 unspecified atom stereocenters. The number of carbonyl (C=O) groups is 2. The highest BCUT2D eigenvalue weighted by Crippen LogP contribution is 2.12. The van der Waals surface area contributed by atoms with Crippen LogP contribution in [0.25, 0.3) is 0 Å². The first-order valence-electron chi connectivity index (χ1n) is 7.15. The zero-order valence-corrected chi connectivity index (χ0v) is 12.9. The van der Waals surface area contributed by atoms with Gasteiger partial charge in [-0.15, -0.1) is 0 Å². The number of hydrogen-bond donors (Lipinski definition) is 1. The van der Waals surface area contributed by atoms with Gasteiger partial charge in [0, 0.05) is 25.8 Å². The number of rotatable bonds is 8. The third kappa shape index (κ3) is 5.41. The molecule has 0 spiro atoms. The Balaban J connectivity index is 2.83. The third-order valence-corrected chi connectivity index (χ3v) is 3.26. The van der Waals surface area contributed by atoms with Gasteiger partial charge in [0.05, 0.1) is 13.0 Å². The van der Waals surface area contributed by atoms with E-state index in [1.807, 2.05) is 32.9 Å². The number of aliphatic carboxylic acids is 1. The summed E-state index contributed by atoms with van der Waals surface area (Å²) in [6.07, 6.45) is 1.69. The number of anilines is 1. The number of carbonyl (C=O) groups excluding carboxylic acids is 1. The smallest absolute Gasteiger partial charge is 0.305 e. The van der Waals surface area contributed by atoms with Crippen LogP contribution in [0.15, 0.2) is 18.3 Å². The molecule has 6 nitrogen and oxygen atoms in total. The van der Waals surface area contributed by atoms with E-state index in [9.17, 15) is 9.59 Å². The summed E-state index contributed by atoms with van der Waals surface area (Å²) in [6, 6.07) is 3.71. The molecule has 0 fully saturated rings. The van der Waals surface area contributed by atoms with E-state index in [1.165, 1.54) is 0 Å². The number of nitrogens with zero attached hydrogens (tertiary/aromatic N) is 3. The lowest BCUT2D eigenvalue weighted by atomic mass is 10.3. The van der Waals surface area contributed by atoms with Gasteiger partial charge in [0.2, 0.25) is 5.91 Å². The van der Waals surface area contributed by atoms with Gasteiger partial charge in [-0.1, -0.05) is 6.07 Å². The predicted octanol–water partition coefficient (Wildman–Crippen LogP) is 1.54. The number of hydrogen-bond acceptors (Lipinski definition) is 4. The Labute approximate surface area is 125 Å². The Morgan fingerprint density at radius 3 is 2.38 bits per heavy atom. The lowest BCUT2D eigenvalue weighted by Crippen LogP contribution is -2.41. The van der Waals surface area contributed by atoms with Gasteiger partial charge < -0.3 is 14.9 Å². The van der Waals surface area contributed by atoms with Crippen molar-refractivity contribution < 1.29 is 14.7 Å². The molecule has 0 aromatic carbocycles. The standard InChI is InChI=1S/C15H23N3O3/c1-4-17(5-2)14(19)11-18(9-8-15(20)21)13-7-6-12(3)10-16-13/h6-7,10H,4-5,8-9,11H2,1-3H3,(H,20,21). The maximum Gasteiger partial charge on any atom is 0.305 e. The zero-order valence-electron chi connectivity index (χ0n) is 12.9. The van der Waals surface area contributed by atoms with Crippen LogP contribution >= 0.6 is 0 Å². The van der Waals surface area contributed by atoms with Crippen molar-refractivity contribution in [2.45, 2.75) is 27.2 Å². The van der Waals surface area contributed by atoms with Crippen LogP contribution in [0.5, 0.6) is 0 Å². The fourth-order valence-electron chi connectivity index (χ4n) is 1.99. The largest absolute Gasteiger partial charge is 0.481 e. The van der Waals surface area contributed by atoms with Crippen LogP contribution in [-0.2, 0) is 9.59 Å². The Hall–Kier alpha value is -2.11. The molecule has 1 aromatic rings. The van der Waals surface area contributed by atoms with E-state index >= 15 is 0 Å². The molecule has 21 heavy (non-hydrogen) atoms. The highest BCUT2D eigenvalue weighted by atomic mass is 16.4. The van der Waals surface area contributed by atoms with Gasteiger partial charge in [-0.25, -0.2) is 4.98 Å². The van der Waals surface area contributed by atoms with Gasteiger partial charge in [-0.3, -0.25) is 9.59 Å². The maximum atomic E-state index is 12.2. The molecule has 0 aliphatic carbocycles. The summed E-state index contributed by atoms with van der Waals surface area (Å²) in [5.74, 6) is -0.280. The summed E-state index contributed by atoms with van der Waals surface area (Å²) in [7, 11) is 0. The van der Waals surface area contributed by atoms with Crippen LogP contribution in [0, 0.1) is 6.92 Å². The van der Waals surface area contributed by atoms with E-state index in [2.05, 4.69) is 4.98 Å². The van der Waals surface area contributed by atoms with Crippen molar-refractivity contribution in [3.8, 4) is 0 Å². The lowest BCUT2D eigenvalue weighted by molar-refractivity contribution is -0.137. The average Bonchev–Trinajstić information content (AvgIpc) is 2.45. The number of carboxylic acid groups (broad SMARTS) is 1. The van der Waals surface area contributed by atoms with Gasteiger partial charge in [0.25, 0.3) is 0 Å². The molecule has 1 aromatic heterocycles. The molecule has 0 bridgehead atoms. The number of carboxylic acids is 1. The van der Waals surface area contributed by atoms with Crippen molar-refractivity contribution >= 4 is 17.7 Å². The Bertz CT molecular complexity index is 470. The van der Waals surface area contributed by atoms with Gasteiger partial charge in [-0.05, 0) is 32.4 Å². The minimum Gasteiger partial charge on any atom is -0.481 e. The van der Waals surface area contributed by atoms with Gasteiger partial charge in [0.1, 0.15) is 5.82 Å². The van der Waals surface area contributed by atoms with Crippen molar-refractivity contribution in [1.29, 1.82) is 0 Å². The summed E-state index contributed by atoms with van der Waals surface area (Å²) in [5.41, 5.74) is 1.02. The maximum absolute atomic E-state index is 12.2. The first-order valence-corrected chi connectivity index (χ1v) is 7.15. The minimum atomic E-state index is -0.887. The number of aryl methyl sites for hydroxylation is 1. The fraction of sp³-hybridized carbons (Fsp3) is 0.533. The molecular formula is C15H23N3O3. The van der Waals surface area contributed by atoms with E-state index in [0.29, 0.717) is 18.9 Å². The average molecular weight is 293 g/mol. The van der Waals surface area contributed by atoms with Crippen LogP contribution in [-0.4, -0.2) is 53.0 Å². The van der Waals surface area contributed by atoms with E-state index in [1.54, 1.807) is 16.0 Å². The second-order valence-electron chi connectivity index (χ2n) is 4.83. The van der Waals surface area contributed by atoms with Crippen molar-refractivity contribution in [2.75, 3.05) is 31.1 Å². The Morgan fingerprint density at radius 1 is 1.24 bits per heavy atom. The van der Waals surface area contributed by atoms with Gasteiger partial charge in [0.15, 0.2) is 0 Å². The quantitative estimate of drug-likeness (QED) is 0.787. The van der Waals surface area contributed by atoms with Crippen LogP contribution < -0.4 is 4.90 Å². The van der Waals surface area contributed by atoms with Crippen molar-refractivity contribution in [3.05, 3.63) is 23.9 Å². The molecule has 0 aliphatic heterocycles. The minimum absolute atomic E-state index is 0.0206. The van der Waals surface area contributed by atoms with E-state index < -0.39 is 5.97 Å². The van der Waals surface area contributed by atoms with Crippen LogP contribution in [0.3, 0.4) is 0 Å². The number of aromatic nitrogens is 1. The number of likely N-dealkylation sites (N-methyl/N-ethyl adjacent to an activating group) is 1. The second-order valence-corrected chi connectivity index (χ2v) is 4.83. The number of amides is 1. The Morgan fingerprint density at radius 2 is 1.90 bits per heavy atom. The van der Waals surface area contributed by atoms with E-state index in [0.717, 1.165) is 5.56 Å². The molecule has 0 saturated carbocycles. The second kappa shape index (κ2) is 8.24. The summed E-state index contributed by atoms with van der Waals surface area (Å²) in [5, 5.41) is 8.85. The first-order chi connectivity index (χ1) is 9.97. The van der Waals surface area contributed by atoms with Crippen LogP contribution in [0.4, 0.5) is 5.82 Å². The highest BCUT2D eigenvalue weighted by Gasteiger charge is 2.17. The summed E-state index contributed by atoms with van der Waals surface area (Å²) < 4.78 is 0. The number of pyridine rings is 1. The Kier molecular flexibility index (Phi) is 6.65. The molecule has 0 aliphatic rings. The molecule has 1 heterocycles. The SMILES string of the molecule is CCN(CC)C(=O)CN(CCC(=O)O)c1ccc(C)cn1. The summed E-state index contributed by atoms with van der Waals surface area (Å²) in [4.78, 5) is 30.7. The molecule has 0 atom stereocenters. The molecule has 0 radical (unpaired) electrons. The normalized spacial score (nSPS) is 10.2. The van der Waals surface area contributed by atoms with Crippen LogP contribution in [0.2, 0.25) is 0 Å². The molecular weight excluding hydrogens is 270 g/mol. The summed E-state index contributed by atoms with van der Waals surface area (Å²) >= 11 is 0. The summed E-state index contributed by atoms with van der Waals surface area (Å²) in [6.45, 7) is 7.47. The monoisotopic (exact) mass is 293 g/mol. The highest BCUT2D eigenvalue weighted by molar-refractivity contribution is 5.81. The lowest BCUT2D eigenvalue weighted by Gasteiger charge is -2.26. The molecule has 1 amide bonds. The van der Waals surface area contributed by atoms with Crippen molar-refractivity contribution in [1.82, 2.24) is 9.88 Å². The predicted molar refractivity (Wildman–Crippen MR) is 81.4 cm³/mol. The zero-order chi connectivity index (χ0) is 15.8. The van der Waals surface area contributed by atoms with Gasteiger partial charge in [-0.2, -0.15) is 0 Å². The molecule has 1 rings (SSSR count). The fourth-order valence-corrected chi connectivity index (χ4v) is 1.99.